The maximum Gasteiger partial charge on any atom is 0.233 e. The molecule has 0 aromatic carbocycles. The van der Waals surface area contributed by atoms with Crippen molar-refractivity contribution in [1.82, 2.24) is 4.90 Å². The molecule has 21 heavy (non-hydrogen) atoms. The lowest BCUT2D eigenvalue weighted by Gasteiger charge is -2.51. The first-order chi connectivity index (χ1) is 10.2. The van der Waals surface area contributed by atoms with E-state index >= 15 is 0 Å². The quantitative estimate of drug-likeness (QED) is 0.442. The number of amides is 2. The summed E-state index contributed by atoms with van der Waals surface area (Å²) < 4.78 is 0. The Hall–Kier alpha value is -1.38. The highest BCUT2D eigenvalue weighted by Crippen LogP contribution is 2.58. The summed E-state index contributed by atoms with van der Waals surface area (Å²) in [6.07, 6.45) is 13.3. The van der Waals surface area contributed by atoms with E-state index in [0.29, 0.717) is 18.4 Å². The molecule has 5 aliphatic rings. The predicted octanol–water partition coefficient (Wildman–Crippen LogP) is 2.79. The van der Waals surface area contributed by atoms with Crippen LogP contribution in [0.3, 0.4) is 0 Å². The van der Waals surface area contributed by atoms with Crippen LogP contribution in [0.4, 0.5) is 0 Å². The lowest BCUT2D eigenvalue weighted by Crippen LogP contribution is -2.50. The van der Waals surface area contributed by atoms with Gasteiger partial charge in [-0.3, -0.25) is 14.5 Å². The average molecular weight is 285 g/mol. The van der Waals surface area contributed by atoms with Gasteiger partial charge in [0.05, 0.1) is 11.8 Å². The topological polar surface area (TPSA) is 37.4 Å². The molecule has 0 spiro atoms. The maximum atomic E-state index is 12.7. The largest absolute Gasteiger partial charge is 0.282 e. The molecular weight excluding hydrogens is 262 g/mol. The molecule has 0 aromatic heterocycles. The summed E-state index contributed by atoms with van der Waals surface area (Å²) in [5, 5.41) is 0. The van der Waals surface area contributed by atoms with Crippen molar-refractivity contribution in [3.8, 4) is 0 Å². The van der Waals surface area contributed by atoms with E-state index in [1.807, 2.05) is 0 Å². The van der Waals surface area contributed by atoms with E-state index in [-0.39, 0.29) is 35.5 Å². The summed E-state index contributed by atoms with van der Waals surface area (Å²) in [5.74, 6) is 1.66. The molecule has 5 rings (SSSR count). The fourth-order valence-corrected chi connectivity index (χ4v) is 4.87. The molecule has 3 nitrogen and oxygen atoms in total. The molecule has 6 atom stereocenters. The minimum atomic E-state index is -0.0649. The van der Waals surface area contributed by atoms with E-state index in [2.05, 4.69) is 31.2 Å². The van der Waals surface area contributed by atoms with Crippen molar-refractivity contribution in [2.75, 3.05) is 6.54 Å². The number of hydrogen-bond acceptors (Lipinski definition) is 2. The Balaban J connectivity index is 1.52. The van der Waals surface area contributed by atoms with Crippen LogP contribution in [-0.4, -0.2) is 23.3 Å². The van der Waals surface area contributed by atoms with E-state index in [4.69, 9.17) is 0 Å². The molecule has 1 saturated carbocycles. The van der Waals surface area contributed by atoms with Crippen molar-refractivity contribution in [2.24, 2.45) is 35.5 Å². The van der Waals surface area contributed by atoms with Crippen LogP contribution in [0.1, 0.15) is 32.6 Å². The number of likely N-dealkylation sites (tertiary alicyclic amines) is 1. The molecule has 0 radical (unpaired) electrons. The monoisotopic (exact) mass is 285 g/mol. The molecule has 2 amide bonds. The van der Waals surface area contributed by atoms with Crippen LogP contribution >= 0.6 is 0 Å². The third kappa shape index (κ3) is 1.72. The second kappa shape index (κ2) is 4.82. The molecule has 2 fully saturated rings. The third-order valence-corrected chi connectivity index (χ3v) is 6.00. The summed E-state index contributed by atoms with van der Waals surface area (Å²) >= 11 is 0. The molecule has 112 valence electrons. The first-order valence-electron chi connectivity index (χ1n) is 8.46. The van der Waals surface area contributed by atoms with Crippen LogP contribution in [0.15, 0.2) is 24.3 Å². The Morgan fingerprint density at radius 2 is 1.33 bits per heavy atom. The molecule has 0 N–H and O–H groups in total. The Kier molecular flexibility index (Phi) is 3.05. The summed E-state index contributed by atoms with van der Waals surface area (Å²) in [7, 11) is 0. The zero-order chi connectivity index (χ0) is 14.6. The number of hydrogen-bond donors (Lipinski definition) is 0. The minimum Gasteiger partial charge on any atom is -0.282 e. The van der Waals surface area contributed by atoms with E-state index in [0.717, 1.165) is 12.8 Å². The lowest BCUT2D eigenvalue weighted by molar-refractivity contribution is -0.140. The second-order valence-corrected chi connectivity index (χ2v) is 7.02. The SMILES string of the molecule is CCCCCCN1C(=O)C2C3C=CC(C4C=CC43)C2C1=O. The molecule has 3 heteroatoms. The molecular formula is C18H23NO2. The van der Waals surface area contributed by atoms with Gasteiger partial charge in [0, 0.05) is 6.54 Å². The molecule has 4 aliphatic carbocycles. The summed E-state index contributed by atoms with van der Waals surface area (Å²) in [6.45, 7) is 2.81. The first-order valence-corrected chi connectivity index (χ1v) is 8.46. The molecule has 1 aliphatic heterocycles. The van der Waals surface area contributed by atoms with Gasteiger partial charge in [0.2, 0.25) is 11.8 Å². The summed E-state index contributed by atoms with van der Waals surface area (Å²) in [4.78, 5) is 27.0. The van der Waals surface area contributed by atoms with E-state index < -0.39 is 0 Å². The third-order valence-electron chi connectivity index (χ3n) is 6.00. The van der Waals surface area contributed by atoms with Gasteiger partial charge in [-0.1, -0.05) is 50.5 Å². The maximum absolute atomic E-state index is 12.7. The van der Waals surface area contributed by atoms with Crippen molar-refractivity contribution in [3.63, 3.8) is 0 Å². The second-order valence-electron chi connectivity index (χ2n) is 7.02. The van der Waals surface area contributed by atoms with Gasteiger partial charge in [0.1, 0.15) is 0 Å². The van der Waals surface area contributed by atoms with Crippen molar-refractivity contribution < 1.29 is 9.59 Å². The van der Waals surface area contributed by atoms with Crippen LogP contribution in [0.25, 0.3) is 0 Å². The van der Waals surface area contributed by atoms with Gasteiger partial charge in [0.15, 0.2) is 0 Å². The van der Waals surface area contributed by atoms with E-state index in [1.54, 1.807) is 4.90 Å². The van der Waals surface area contributed by atoms with Crippen LogP contribution in [0.5, 0.6) is 0 Å². The van der Waals surface area contributed by atoms with Gasteiger partial charge >= 0.3 is 0 Å². The Morgan fingerprint density at radius 3 is 1.81 bits per heavy atom. The number of allylic oxidation sites excluding steroid dienone is 4. The van der Waals surface area contributed by atoms with Gasteiger partial charge < -0.3 is 0 Å². The highest BCUT2D eigenvalue weighted by molar-refractivity contribution is 6.06. The fraction of sp³-hybridized carbons (Fsp3) is 0.667. The summed E-state index contributed by atoms with van der Waals surface area (Å²) in [6, 6.07) is 0. The van der Waals surface area contributed by atoms with E-state index in [1.165, 1.54) is 12.8 Å². The zero-order valence-electron chi connectivity index (χ0n) is 12.6. The van der Waals surface area contributed by atoms with Crippen molar-refractivity contribution >= 4 is 11.8 Å². The van der Waals surface area contributed by atoms with Crippen molar-refractivity contribution in [2.45, 2.75) is 32.6 Å². The number of unbranched alkanes of at least 4 members (excludes halogenated alkanes) is 3. The van der Waals surface area contributed by atoms with Crippen LogP contribution in [0.2, 0.25) is 0 Å². The number of rotatable bonds is 5. The average Bonchev–Trinajstić information content (AvgIpc) is 2.69. The highest BCUT2D eigenvalue weighted by Gasteiger charge is 2.62. The fourth-order valence-electron chi connectivity index (χ4n) is 4.87. The normalized spacial score (nSPS) is 42.2. The Labute approximate surface area is 126 Å². The summed E-state index contributed by atoms with van der Waals surface area (Å²) in [5.41, 5.74) is 0. The zero-order valence-corrected chi connectivity index (χ0v) is 12.6. The lowest BCUT2D eigenvalue weighted by atomic mass is 9.50. The smallest absolute Gasteiger partial charge is 0.233 e. The van der Waals surface area contributed by atoms with Crippen molar-refractivity contribution in [1.29, 1.82) is 0 Å². The number of nitrogens with zero attached hydrogens (tertiary/aromatic N) is 1. The minimum absolute atomic E-state index is 0.0649. The van der Waals surface area contributed by atoms with Gasteiger partial charge in [-0.15, -0.1) is 0 Å². The van der Waals surface area contributed by atoms with E-state index in [9.17, 15) is 9.59 Å². The Bertz CT molecular complexity index is 495. The predicted molar refractivity (Wildman–Crippen MR) is 80.1 cm³/mol. The van der Waals surface area contributed by atoms with Crippen LogP contribution in [-0.2, 0) is 9.59 Å². The molecule has 1 saturated heterocycles. The van der Waals surface area contributed by atoms with Gasteiger partial charge in [-0.25, -0.2) is 0 Å². The molecule has 2 bridgehead atoms. The number of carbonyl (C=O) groups excluding carboxylic acids is 2. The van der Waals surface area contributed by atoms with Gasteiger partial charge in [-0.2, -0.15) is 0 Å². The highest BCUT2D eigenvalue weighted by atomic mass is 16.2. The van der Waals surface area contributed by atoms with Crippen molar-refractivity contribution in [3.05, 3.63) is 24.3 Å². The molecule has 6 unspecified atom stereocenters. The first kappa shape index (κ1) is 13.3. The van der Waals surface area contributed by atoms with Gasteiger partial charge in [-0.05, 0) is 30.1 Å². The molecule has 1 heterocycles. The van der Waals surface area contributed by atoms with Crippen LogP contribution < -0.4 is 0 Å². The van der Waals surface area contributed by atoms with Gasteiger partial charge in [0.25, 0.3) is 0 Å². The number of carbonyl (C=O) groups is 2. The number of imide groups is 1. The molecule has 0 aromatic rings. The Morgan fingerprint density at radius 1 is 0.810 bits per heavy atom. The van der Waals surface area contributed by atoms with Crippen LogP contribution in [0, 0.1) is 35.5 Å². The standard InChI is InChI=1S/C18H23NO2/c1-2-3-4-5-10-19-17(20)15-13-8-9-14(16(15)18(19)21)12-7-6-11(12)13/h6-9,11-16H,2-5,10H2,1H3.